The Morgan fingerprint density at radius 3 is 2.38 bits per heavy atom. The molecule has 1 amide bonds. The van der Waals surface area contributed by atoms with E-state index in [1.807, 2.05) is 6.92 Å². The molecule has 1 aromatic rings. The standard InChI is InChI=1S/C12H15NO3/c1-3-4-11(14)12(15)13-9-5-7-10(16-2)8-6-9/h5-8H,3-4H2,1-2H3,(H,13,15). The number of ether oxygens (including phenoxy) is 1. The molecule has 0 atom stereocenters. The van der Waals surface area contributed by atoms with Gasteiger partial charge in [-0.1, -0.05) is 6.92 Å². The third kappa shape index (κ3) is 3.38. The Hall–Kier alpha value is -1.84. The number of amides is 1. The van der Waals surface area contributed by atoms with Crippen molar-refractivity contribution >= 4 is 17.4 Å². The lowest BCUT2D eigenvalue weighted by atomic mass is 10.2. The fraction of sp³-hybridized carbons (Fsp3) is 0.333. The van der Waals surface area contributed by atoms with Gasteiger partial charge in [0.15, 0.2) is 0 Å². The molecule has 1 rings (SSSR count). The molecular formula is C12H15NO3. The van der Waals surface area contributed by atoms with Gasteiger partial charge in [-0.15, -0.1) is 0 Å². The van der Waals surface area contributed by atoms with Gasteiger partial charge in [0.2, 0.25) is 5.78 Å². The minimum absolute atomic E-state index is 0.280. The van der Waals surface area contributed by atoms with Crippen LogP contribution < -0.4 is 10.1 Å². The van der Waals surface area contributed by atoms with E-state index in [1.165, 1.54) is 0 Å². The van der Waals surface area contributed by atoms with Crippen molar-refractivity contribution in [2.75, 3.05) is 12.4 Å². The van der Waals surface area contributed by atoms with Crippen LogP contribution in [0.15, 0.2) is 24.3 Å². The third-order valence-corrected chi connectivity index (χ3v) is 2.08. The van der Waals surface area contributed by atoms with Crippen molar-refractivity contribution in [1.29, 1.82) is 0 Å². The van der Waals surface area contributed by atoms with Crippen LogP contribution in [0.25, 0.3) is 0 Å². The lowest BCUT2D eigenvalue weighted by Gasteiger charge is -2.04. The van der Waals surface area contributed by atoms with E-state index in [0.717, 1.165) is 0 Å². The number of hydrogen-bond acceptors (Lipinski definition) is 3. The van der Waals surface area contributed by atoms with Crippen LogP contribution in [-0.4, -0.2) is 18.8 Å². The SMILES string of the molecule is CCCC(=O)C(=O)Nc1ccc(OC)cc1. The van der Waals surface area contributed by atoms with Gasteiger partial charge in [0.25, 0.3) is 5.91 Å². The Kier molecular flexibility index (Phi) is 4.51. The highest BCUT2D eigenvalue weighted by Gasteiger charge is 2.11. The zero-order valence-electron chi connectivity index (χ0n) is 9.45. The van der Waals surface area contributed by atoms with Crippen molar-refractivity contribution in [3.63, 3.8) is 0 Å². The largest absolute Gasteiger partial charge is 0.497 e. The van der Waals surface area contributed by atoms with Gasteiger partial charge in [0.1, 0.15) is 5.75 Å². The molecule has 1 N–H and O–H groups in total. The maximum Gasteiger partial charge on any atom is 0.291 e. The fourth-order valence-electron chi connectivity index (χ4n) is 1.22. The van der Waals surface area contributed by atoms with Crippen molar-refractivity contribution in [2.45, 2.75) is 19.8 Å². The van der Waals surface area contributed by atoms with Gasteiger partial charge in [-0.2, -0.15) is 0 Å². The molecule has 0 heterocycles. The number of methoxy groups -OCH3 is 1. The number of hydrogen-bond donors (Lipinski definition) is 1. The van der Waals surface area contributed by atoms with Gasteiger partial charge in [0, 0.05) is 12.1 Å². The van der Waals surface area contributed by atoms with Gasteiger partial charge in [-0.25, -0.2) is 0 Å². The molecule has 4 nitrogen and oxygen atoms in total. The molecule has 0 radical (unpaired) electrons. The first-order chi connectivity index (χ1) is 7.67. The van der Waals surface area contributed by atoms with Crippen LogP contribution in [0.1, 0.15) is 19.8 Å². The average Bonchev–Trinajstić information content (AvgIpc) is 2.30. The number of rotatable bonds is 5. The summed E-state index contributed by atoms with van der Waals surface area (Å²) in [6.45, 7) is 1.86. The molecule has 0 aromatic heterocycles. The van der Waals surface area contributed by atoms with Crippen molar-refractivity contribution in [3.05, 3.63) is 24.3 Å². The van der Waals surface area contributed by atoms with Crippen LogP contribution in [0.5, 0.6) is 5.75 Å². The lowest BCUT2D eigenvalue weighted by molar-refractivity contribution is -0.134. The normalized spacial score (nSPS) is 9.62. The highest BCUT2D eigenvalue weighted by molar-refractivity contribution is 6.40. The Morgan fingerprint density at radius 1 is 1.25 bits per heavy atom. The summed E-state index contributed by atoms with van der Waals surface area (Å²) >= 11 is 0. The second kappa shape index (κ2) is 5.90. The number of nitrogens with one attached hydrogen (secondary N) is 1. The highest BCUT2D eigenvalue weighted by atomic mass is 16.5. The Labute approximate surface area is 94.6 Å². The summed E-state index contributed by atoms with van der Waals surface area (Å²) in [6.07, 6.45) is 0.955. The van der Waals surface area contributed by atoms with Crippen molar-refractivity contribution in [2.24, 2.45) is 0 Å². The van der Waals surface area contributed by atoms with Crippen LogP contribution in [0, 0.1) is 0 Å². The van der Waals surface area contributed by atoms with Crippen molar-refractivity contribution in [3.8, 4) is 5.75 Å². The lowest BCUT2D eigenvalue weighted by Crippen LogP contribution is -2.22. The zero-order chi connectivity index (χ0) is 12.0. The van der Waals surface area contributed by atoms with Crippen LogP contribution in [-0.2, 0) is 9.59 Å². The summed E-state index contributed by atoms with van der Waals surface area (Å²) in [5, 5.41) is 2.53. The second-order valence-electron chi connectivity index (χ2n) is 3.36. The van der Waals surface area contributed by atoms with E-state index in [9.17, 15) is 9.59 Å². The number of anilines is 1. The summed E-state index contributed by atoms with van der Waals surface area (Å²) in [5.41, 5.74) is 0.593. The topological polar surface area (TPSA) is 55.4 Å². The summed E-state index contributed by atoms with van der Waals surface area (Å²) in [4.78, 5) is 22.6. The van der Waals surface area contributed by atoms with E-state index in [4.69, 9.17) is 4.74 Å². The molecule has 86 valence electrons. The van der Waals surface area contributed by atoms with Crippen LogP contribution in [0.3, 0.4) is 0 Å². The van der Waals surface area contributed by atoms with Gasteiger partial charge in [-0.3, -0.25) is 9.59 Å². The Bertz CT molecular complexity index is 370. The maximum atomic E-state index is 11.4. The molecule has 0 bridgehead atoms. The first-order valence-electron chi connectivity index (χ1n) is 5.15. The molecule has 0 aliphatic heterocycles. The molecule has 0 spiro atoms. The molecule has 0 saturated carbocycles. The Morgan fingerprint density at radius 2 is 1.88 bits per heavy atom. The number of Topliss-reactive ketones (excluding diaryl/α,β-unsaturated/α-hetero) is 1. The van der Waals surface area contributed by atoms with E-state index in [1.54, 1.807) is 31.4 Å². The molecule has 0 aliphatic rings. The maximum absolute atomic E-state index is 11.4. The number of carbonyl (C=O) groups is 2. The predicted molar refractivity (Wildman–Crippen MR) is 61.5 cm³/mol. The molecule has 4 heteroatoms. The summed E-state index contributed by atoms with van der Waals surface area (Å²) < 4.78 is 4.98. The van der Waals surface area contributed by atoms with Crippen molar-refractivity contribution < 1.29 is 14.3 Å². The van der Waals surface area contributed by atoms with Gasteiger partial charge in [-0.05, 0) is 30.7 Å². The van der Waals surface area contributed by atoms with Crippen LogP contribution in [0.4, 0.5) is 5.69 Å². The smallest absolute Gasteiger partial charge is 0.291 e. The van der Waals surface area contributed by atoms with Gasteiger partial charge in [0.05, 0.1) is 7.11 Å². The van der Waals surface area contributed by atoms with E-state index in [2.05, 4.69) is 5.32 Å². The molecule has 16 heavy (non-hydrogen) atoms. The molecule has 0 aliphatic carbocycles. The average molecular weight is 221 g/mol. The first-order valence-corrected chi connectivity index (χ1v) is 5.15. The second-order valence-corrected chi connectivity index (χ2v) is 3.36. The number of benzene rings is 1. The summed E-state index contributed by atoms with van der Waals surface area (Å²) in [6, 6.07) is 6.83. The molecular weight excluding hydrogens is 206 g/mol. The van der Waals surface area contributed by atoms with Gasteiger partial charge >= 0.3 is 0 Å². The first kappa shape index (κ1) is 12.2. The molecule has 1 aromatic carbocycles. The fourth-order valence-corrected chi connectivity index (χ4v) is 1.22. The predicted octanol–water partition coefficient (Wildman–Crippen LogP) is 2.00. The van der Waals surface area contributed by atoms with E-state index in [-0.39, 0.29) is 6.42 Å². The summed E-state index contributed by atoms with van der Waals surface area (Å²) in [7, 11) is 1.57. The van der Waals surface area contributed by atoms with E-state index < -0.39 is 11.7 Å². The van der Waals surface area contributed by atoms with Gasteiger partial charge < -0.3 is 10.1 Å². The van der Waals surface area contributed by atoms with Crippen molar-refractivity contribution in [1.82, 2.24) is 0 Å². The minimum atomic E-state index is -0.563. The third-order valence-electron chi connectivity index (χ3n) is 2.08. The van der Waals surface area contributed by atoms with Crippen LogP contribution >= 0.6 is 0 Å². The van der Waals surface area contributed by atoms with E-state index >= 15 is 0 Å². The number of ketones is 1. The minimum Gasteiger partial charge on any atom is -0.497 e. The van der Waals surface area contributed by atoms with E-state index in [0.29, 0.717) is 17.9 Å². The molecule has 0 fully saturated rings. The highest BCUT2D eigenvalue weighted by Crippen LogP contribution is 2.14. The zero-order valence-corrected chi connectivity index (χ0v) is 9.45. The Balaban J connectivity index is 2.59. The monoisotopic (exact) mass is 221 g/mol. The molecule has 0 unspecified atom stereocenters. The summed E-state index contributed by atoms with van der Waals surface area (Å²) in [5.74, 6) is -0.247. The quantitative estimate of drug-likeness (QED) is 0.774. The number of carbonyl (C=O) groups excluding carboxylic acids is 2. The van der Waals surface area contributed by atoms with Crippen LogP contribution in [0.2, 0.25) is 0 Å². The molecule has 0 saturated heterocycles.